The van der Waals surface area contributed by atoms with Gasteiger partial charge >= 0.3 is 7.12 Å². The molecule has 1 aliphatic rings. The van der Waals surface area contributed by atoms with Gasteiger partial charge in [-0.05, 0) is 112 Å². The Morgan fingerprint density at radius 1 is 0.564 bits per heavy atom. The quantitative estimate of drug-likeness (QED) is 0.172. The van der Waals surface area contributed by atoms with Crippen molar-refractivity contribution in [1.29, 1.82) is 0 Å². The predicted molar refractivity (Wildman–Crippen MR) is 167 cm³/mol. The van der Waals surface area contributed by atoms with E-state index in [1.54, 1.807) is 0 Å². The van der Waals surface area contributed by atoms with E-state index in [4.69, 9.17) is 9.31 Å². The lowest BCUT2D eigenvalue weighted by atomic mass is 9.77. The highest BCUT2D eigenvalue weighted by Crippen LogP contribution is 2.42. The summed E-state index contributed by atoms with van der Waals surface area (Å²) < 4.78 is 12.8. The van der Waals surface area contributed by atoms with Crippen LogP contribution < -0.4 is 5.46 Å². The van der Waals surface area contributed by atoms with Crippen LogP contribution in [0.1, 0.15) is 38.8 Å². The SMILES string of the molecule is Cc1ccc2ccccc2c1-c1ccc2c3ccc(B4OC(C)(C)C(C)(C)O4)cc3c3ccccc3c2c1C. The van der Waals surface area contributed by atoms with E-state index in [9.17, 15) is 0 Å². The Balaban J connectivity index is 1.50. The monoisotopic (exact) mass is 508 g/mol. The van der Waals surface area contributed by atoms with Crippen molar-refractivity contribution in [2.75, 3.05) is 0 Å². The number of hydrogen-bond donors (Lipinski definition) is 0. The van der Waals surface area contributed by atoms with Crippen molar-refractivity contribution in [2.45, 2.75) is 52.7 Å². The van der Waals surface area contributed by atoms with Crippen LogP contribution in [-0.4, -0.2) is 18.3 Å². The third-order valence-corrected chi connectivity index (χ3v) is 9.22. The summed E-state index contributed by atoms with van der Waals surface area (Å²) in [5.41, 5.74) is 5.57. The Bertz CT molecular complexity index is 1910. The zero-order valence-corrected chi connectivity index (χ0v) is 23.6. The number of fused-ring (bicyclic) bond motifs is 7. The predicted octanol–water partition coefficient (Wildman–Crippen LogP) is 8.88. The molecule has 0 atom stereocenters. The molecule has 3 heteroatoms. The molecule has 0 N–H and O–H groups in total. The van der Waals surface area contributed by atoms with Crippen molar-refractivity contribution >= 4 is 55.7 Å². The van der Waals surface area contributed by atoms with E-state index in [0.29, 0.717) is 0 Å². The van der Waals surface area contributed by atoms with E-state index < -0.39 is 0 Å². The molecule has 1 aliphatic heterocycles. The summed E-state index contributed by atoms with van der Waals surface area (Å²) in [7, 11) is -0.382. The average Bonchev–Trinajstić information content (AvgIpc) is 3.15. The minimum absolute atomic E-state index is 0.370. The Kier molecular flexibility index (Phi) is 5.27. The van der Waals surface area contributed by atoms with E-state index in [1.807, 2.05) is 0 Å². The summed E-state index contributed by atoms with van der Waals surface area (Å²) in [5.74, 6) is 0. The van der Waals surface area contributed by atoms with E-state index in [2.05, 4.69) is 133 Å². The minimum atomic E-state index is -0.382. The van der Waals surface area contributed by atoms with Crippen LogP contribution in [0.5, 0.6) is 0 Å². The minimum Gasteiger partial charge on any atom is -0.399 e. The summed E-state index contributed by atoms with van der Waals surface area (Å²) in [6, 6.07) is 33.4. The molecule has 192 valence electrons. The Hall–Kier alpha value is -3.66. The van der Waals surface area contributed by atoms with Gasteiger partial charge in [0.1, 0.15) is 0 Å². The standard InChI is InChI=1S/C36H33BO2/c1-22-15-16-24-11-7-8-12-27(24)33(22)26-19-20-31-29-18-17-25(37-38-35(3,4)36(5,6)39-37)21-32(29)28-13-9-10-14-30(28)34(31)23(26)2/h7-21H,1-6H3. The van der Waals surface area contributed by atoms with Crippen LogP contribution in [0.25, 0.3) is 54.2 Å². The molecule has 0 aromatic heterocycles. The van der Waals surface area contributed by atoms with Gasteiger partial charge in [0.2, 0.25) is 0 Å². The first-order valence-corrected chi connectivity index (χ1v) is 13.9. The summed E-state index contributed by atoms with van der Waals surface area (Å²) in [4.78, 5) is 0. The van der Waals surface area contributed by atoms with Gasteiger partial charge in [-0.1, -0.05) is 91.0 Å². The lowest BCUT2D eigenvalue weighted by Crippen LogP contribution is -2.41. The normalized spacial score (nSPS) is 16.6. The van der Waals surface area contributed by atoms with Gasteiger partial charge in [0.25, 0.3) is 0 Å². The van der Waals surface area contributed by atoms with Crippen molar-refractivity contribution in [3.8, 4) is 11.1 Å². The van der Waals surface area contributed by atoms with Crippen LogP contribution in [0.3, 0.4) is 0 Å². The molecular formula is C36H33BO2. The summed E-state index contributed by atoms with van der Waals surface area (Å²) in [6.45, 7) is 12.9. The van der Waals surface area contributed by atoms with Crippen molar-refractivity contribution in [3.05, 3.63) is 102 Å². The van der Waals surface area contributed by atoms with Gasteiger partial charge in [0.05, 0.1) is 11.2 Å². The second kappa shape index (κ2) is 8.42. The van der Waals surface area contributed by atoms with Gasteiger partial charge < -0.3 is 9.31 Å². The Labute approximate surface area is 230 Å². The zero-order valence-electron chi connectivity index (χ0n) is 23.6. The maximum Gasteiger partial charge on any atom is 0.494 e. The highest BCUT2D eigenvalue weighted by molar-refractivity contribution is 6.62. The number of aryl methyl sites for hydroxylation is 2. The summed E-state index contributed by atoms with van der Waals surface area (Å²) >= 11 is 0. The van der Waals surface area contributed by atoms with Crippen LogP contribution in [0.2, 0.25) is 0 Å². The van der Waals surface area contributed by atoms with Crippen LogP contribution >= 0.6 is 0 Å². The van der Waals surface area contributed by atoms with E-state index in [0.717, 1.165) is 5.46 Å². The molecule has 2 nitrogen and oxygen atoms in total. The molecule has 7 rings (SSSR count). The second-order valence-electron chi connectivity index (χ2n) is 12.1. The molecule has 0 amide bonds. The van der Waals surface area contributed by atoms with E-state index >= 15 is 0 Å². The molecule has 0 aliphatic carbocycles. The second-order valence-corrected chi connectivity index (χ2v) is 12.1. The summed E-state index contributed by atoms with van der Waals surface area (Å²) in [5, 5.41) is 10.2. The largest absolute Gasteiger partial charge is 0.494 e. The van der Waals surface area contributed by atoms with Gasteiger partial charge in [0.15, 0.2) is 0 Å². The van der Waals surface area contributed by atoms with E-state index in [1.165, 1.54) is 65.3 Å². The van der Waals surface area contributed by atoms with Gasteiger partial charge in [-0.2, -0.15) is 0 Å². The topological polar surface area (TPSA) is 18.5 Å². The molecule has 0 spiro atoms. The molecule has 0 bridgehead atoms. The maximum atomic E-state index is 6.41. The Morgan fingerprint density at radius 2 is 1.15 bits per heavy atom. The first-order valence-electron chi connectivity index (χ1n) is 13.9. The first-order chi connectivity index (χ1) is 18.7. The van der Waals surface area contributed by atoms with Gasteiger partial charge in [-0.15, -0.1) is 0 Å². The first kappa shape index (κ1) is 24.4. The molecule has 1 fully saturated rings. The molecule has 0 unspecified atom stereocenters. The smallest absolute Gasteiger partial charge is 0.399 e. The highest BCUT2D eigenvalue weighted by atomic mass is 16.7. The van der Waals surface area contributed by atoms with Crippen LogP contribution in [0.15, 0.2) is 91.0 Å². The lowest BCUT2D eigenvalue weighted by molar-refractivity contribution is 0.00578. The van der Waals surface area contributed by atoms with Crippen LogP contribution in [-0.2, 0) is 9.31 Å². The zero-order chi connectivity index (χ0) is 27.1. The maximum absolute atomic E-state index is 6.41. The fourth-order valence-corrected chi connectivity index (χ4v) is 6.37. The van der Waals surface area contributed by atoms with Crippen molar-refractivity contribution in [1.82, 2.24) is 0 Å². The van der Waals surface area contributed by atoms with Crippen molar-refractivity contribution in [3.63, 3.8) is 0 Å². The third-order valence-electron chi connectivity index (χ3n) is 9.22. The van der Waals surface area contributed by atoms with Gasteiger partial charge in [0, 0.05) is 0 Å². The molecular weight excluding hydrogens is 475 g/mol. The fraction of sp³-hybridized carbons (Fsp3) is 0.222. The fourth-order valence-electron chi connectivity index (χ4n) is 6.37. The molecule has 0 radical (unpaired) electrons. The molecule has 1 saturated heterocycles. The number of rotatable bonds is 2. The van der Waals surface area contributed by atoms with E-state index in [-0.39, 0.29) is 18.3 Å². The molecule has 0 saturated carbocycles. The van der Waals surface area contributed by atoms with Crippen LogP contribution in [0, 0.1) is 13.8 Å². The highest BCUT2D eigenvalue weighted by Gasteiger charge is 2.51. The average molecular weight is 508 g/mol. The Morgan fingerprint density at radius 3 is 1.90 bits per heavy atom. The molecule has 6 aromatic rings. The molecule has 1 heterocycles. The van der Waals surface area contributed by atoms with Crippen LogP contribution in [0.4, 0.5) is 0 Å². The van der Waals surface area contributed by atoms with Gasteiger partial charge in [-0.25, -0.2) is 0 Å². The lowest BCUT2D eigenvalue weighted by Gasteiger charge is -2.32. The molecule has 6 aromatic carbocycles. The number of benzene rings is 6. The van der Waals surface area contributed by atoms with Gasteiger partial charge in [-0.3, -0.25) is 0 Å². The molecule has 39 heavy (non-hydrogen) atoms. The van der Waals surface area contributed by atoms with Crippen molar-refractivity contribution in [2.24, 2.45) is 0 Å². The number of hydrogen-bond acceptors (Lipinski definition) is 2. The van der Waals surface area contributed by atoms with Crippen molar-refractivity contribution < 1.29 is 9.31 Å². The summed E-state index contributed by atoms with van der Waals surface area (Å²) in [6.07, 6.45) is 0. The third kappa shape index (κ3) is 3.57.